The second kappa shape index (κ2) is 6.02. The molecule has 1 aromatic heterocycles. The van der Waals surface area contributed by atoms with Crippen LogP contribution in [0.2, 0.25) is 5.02 Å². The van der Waals surface area contributed by atoms with Crippen LogP contribution in [0.25, 0.3) is 0 Å². The van der Waals surface area contributed by atoms with Crippen molar-refractivity contribution in [3.05, 3.63) is 51.2 Å². The zero-order chi connectivity index (χ0) is 13.9. The predicted molar refractivity (Wildman–Crippen MR) is 77.7 cm³/mol. The van der Waals surface area contributed by atoms with Crippen molar-refractivity contribution in [2.75, 3.05) is 0 Å². The number of benzene rings is 1. The van der Waals surface area contributed by atoms with Crippen LogP contribution >= 0.6 is 22.9 Å². The number of nitrogens with one attached hydrogen (secondary N) is 1. The van der Waals surface area contributed by atoms with Gasteiger partial charge in [0.15, 0.2) is 0 Å². The average Bonchev–Trinajstić information content (AvgIpc) is 2.86. The average molecular weight is 317 g/mol. The third-order valence-electron chi connectivity index (χ3n) is 2.53. The van der Waals surface area contributed by atoms with Crippen molar-refractivity contribution in [2.24, 2.45) is 5.73 Å². The highest BCUT2D eigenvalue weighted by atomic mass is 35.5. The van der Waals surface area contributed by atoms with E-state index in [-0.39, 0.29) is 18.0 Å². The van der Waals surface area contributed by atoms with E-state index in [0.717, 1.165) is 5.56 Å². The van der Waals surface area contributed by atoms with Gasteiger partial charge in [-0.1, -0.05) is 23.7 Å². The largest absolute Gasteiger partial charge is 0.326 e. The summed E-state index contributed by atoms with van der Waals surface area (Å²) >= 11 is 7.19. The fourth-order valence-electron chi connectivity index (χ4n) is 1.62. The van der Waals surface area contributed by atoms with Crippen molar-refractivity contribution >= 4 is 33.0 Å². The van der Waals surface area contributed by atoms with Crippen molar-refractivity contribution in [1.29, 1.82) is 0 Å². The summed E-state index contributed by atoms with van der Waals surface area (Å²) in [6.07, 6.45) is 0. The van der Waals surface area contributed by atoms with Crippen LogP contribution in [0.1, 0.15) is 10.4 Å². The number of rotatable bonds is 5. The SMILES string of the molecule is NCc1sccc1S(=O)(=O)NCc1cccc(Cl)c1. The van der Waals surface area contributed by atoms with Gasteiger partial charge in [0, 0.05) is 23.0 Å². The fraction of sp³-hybridized carbons (Fsp3) is 0.167. The van der Waals surface area contributed by atoms with E-state index in [1.54, 1.807) is 29.6 Å². The standard InChI is InChI=1S/C12H13ClN2O2S2/c13-10-3-1-2-9(6-10)8-15-19(16,17)12-4-5-18-11(12)7-14/h1-6,15H,7-8,14H2. The smallest absolute Gasteiger partial charge is 0.242 e. The van der Waals surface area contributed by atoms with Gasteiger partial charge < -0.3 is 5.73 Å². The van der Waals surface area contributed by atoms with E-state index < -0.39 is 10.0 Å². The molecule has 4 nitrogen and oxygen atoms in total. The lowest BCUT2D eigenvalue weighted by molar-refractivity contribution is 0.580. The molecule has 2 aromatic rings. The van der Waals surface area contributed by atoms with Gasteiger partial charge in [-0.25, -0.2) is 13.1 Å². The molecule has 0 saturated heterocycles. The Labute approximate surface area is 121 Å². The quantitative estimate of drug-likeness (QED) is 0.889. The summed E-state index contributed by atoms with van der Waals surface area (Å²) in [6, 6.07) is 8.62. The first-order valence-electron chi connectivity index (χ1n) is 5.53. The van der Waals surface area contributed by atoms with E-state index in [1.165, 1.54) is 11.3 Å². The molecule has 0 amide bonds. The van der Waals surface area contributed by atoms with Gasteiger partial charge in [0.2, 0.25) is 10.0 Å². The third-order valence-corrected chi connectivity index (χ3v) is 5.33. The topological polar surface area (TPSA) is 72.2 Å². The molecule has 0 bridgehead atoms. The second-order valence-corrected chi connectivity index (χ2v) is 7.04. The van der Waals surface area contributed by atoms with Crippen LogP contribution in [-0.2, 0) is 23.1 Å². The molecule has 7 heteroatoms. The molecule has 1 aromatic carbocycles. The molecule has 0 atom stereocenters. The lowest BCUT2D eigenvalue weighted by Crippen LogP contribution is -2.24. The van der Waals surface area contributed by atoms with Crippen LogP contribution in [0.4, 0.5) is 0 Å². The normalized spacial score (nSPS) is 11.7. The van der Waals surface area contributed by atoms with Crippen molar-refractivity contribution < 1.29 is 8.42 Å². The van der Waals surface area contributed by atoms with Crippen molar-refractivity contribution in [3.8, 4) is 0 Å². The molecule has 2 rings (SSSR count). The number of hydrogen-bond acceptors (Lipinski definition) is 4. The number of nitrogens with two attached hydrogens (primary N) is 1. The zero-order valence-electron chi connectivity index (χ0n) is 9.97. The summed E-state index contributed by atoms with van der Waals surface area (Å²) in [7, 11) is -3.53. The Kier molecular flexibility index (Phi) is 4.59. The lowest BCUT2D eigenvalue weighted by atomic mass is 10.2. The van der Waals surface area contributed by atoms with Gasteiger partial charge in [0.05, 0.1) is 4.90 Å². The molecular weight excluding hydrogens is 304 g/mol. The Morgan fingerprint density at radius 1 is 1.32 bits per heavy atom. The maximum absolute atomic E-state index is 12.1. The second-order valence-electron chi connectivity index (χ2n) is 3.87. The van der Waals surface area contributed by atoms with E-state index in [2.05, 4.69) is 4.72 Å². The van der Waals surface area contributed by atoms with Crippen LogP contribution in [0.3, 0.4) is 0 Å². The van der Waals surface area contributed by atoms with Crippen molar-refractivity contribution in [3.63, 3.8) is 0 Å². The molecule has 102 valence electrons. The first-order chi connectivity index (χ1) is 9.03. The molecule has 1 heterocycles. The van der Waals surface area contributed by atoms with Crippen LogP contribution < -0.4 is 10.5 Å². The molecule has 0 aliphatic rings. The van der Waals surface area contributed by atoms with Gasteiger partial charge in [-0.05, 0) is 29.1 Å². The van der Waals surface area contributed by atoms with Gasteiger partial charge in [-0.15, -0.1) is 11.3 Å². The predicted octanol–water partition coefficient (Wildman–Crippen LogP) is 2.34. The first-order valence-corrected chi connectivity index (χ1v) is 8.27. The van der Waals surface area contributed by atoms with Gasteiger partial charge in [-0.2, -0.15) is 0 Å². The Morgan fingerprint density at radius 3 is 2.79 bits per heavy atom. The summed E-state index contributed by atoms with van der Waals surface area (Å²) in [5.74, 6) is 0. The van der Waals surface area contributed by atoms with Gasteiger partial charge in [0.1, 0.15) is 0 Å². The Bertz CT molecular complexity index is 668. The van der Waals surface area contributed by atoms with Gasteiger partial charge in [-0.3, -0.25) is 0 Å². The minimum absolute atomic E-state index is 0.197. The molecule has 3 N–H and O–H groups in total. The molecule has 0 spiro atoms. The van der Waals surface area contributed by atoms with E-state index in [4.69, 9.17) is 17.3 Å². The maximum Gasteiger partial charge on any atom is 0.242 e. The van der Waals surface area contributed by atoms with E-state index in [0.29, 0.717) is 9.90 Å². The number of thiophene rings is 1. The molecule has 19 heavy (non-hydrogen) atoms. The maximum atomic E-state index is 12.1. The van der Waals surface area contributed by atoms with Crippen LogP contribution in [-0.4, -0.2) is 8.42 Å². The molecule has 0 saturated carbocycles. The van der Waals surface area contributed by atoms with Gasteiger partial charge in [0.25, 0.3) is 0 Å². The highest BCUT2D eigenvalue weighted by Gasteiger charge is 2.18. The lowest BCUT2D eigenvalue weighted by Gasteiger charge is -2.07. The summed E-state index contributed by atoms with van der Waals surface area (Å²) < 4.78 is 26.8. The molecule has 0 unspecified atom stereocenters. The van der Waals surface area contributed by atoms with Gasteiger partial charge >= 0.3 is 0 Å². The fourth-order valence-corrected chi connectivity index (χ4v) is 4.18. The summed E-state index contributed by atoms with van der Waals surface area (Å²) in [4.78, 5) is 0.903. The highest BCUT2D eigenvalue weighted by Crippen LogP contribution is 2.21. The minimum Gasteiger partial charge on any atom is -0.326 e. The number of halogens is 1. The van der Waals surface area contributed by atoms with Crippen LogP contribution in [0.5, 0.6) is 0 Å². The summed E-state index contributed by atoms with van der Waals surface area (Å²) in [5, 5.41) is 2.30. The van der Waals surface area contributed by atoms with Crippen molar-refractivity contribution in [1.82, 2.24) is 4.72 Å². The van der Waals surface area contributed by atoms with E-state index in [1.807, 2.05) is 6.07 Å². The van der Waals surface area contributed by atoms with Crippen LogP contribution in [0.15, 0.2) is 40.6 Å². The monoisotopic (exact) mass is 316 g/mol. The Hall–Kier alpha value is -0.920. The highest BCUT2D eigenvalue weighted by molar-refractivity contribution is 7.89. The Morgan fingerprint density at radius 2 is 2.11 bits per heavy atom. The van der Waals surface area contributed by atoms with E-state index >= 15 is 0 Å². The summed E-state index contributed by atoms with van der Waals surface area (Å²) in [5.41, 5.74) is 6.33. The van der Waals surface area contributed by atoms with Crippen molar-refractivity contribution in [2.45, 2.75) is 18.0 Å². The Balaban J connectivity index is 2.14. The number of sulfonamides is 1. The van der Waals surface area contributed by atoms with Crippen LogP contribution in [0, 0.1) is 0 Å². The molecule has 0 radical (unpaired) electrons. The molecule has 0 aliphatic heterocycles. The zero-order valence-corrected chi connectivity index (χ0v) is 12.4. The molecule has 0 fully saturated rings. The molecule has 0 aliphatic carbocycles. The van der Waals surface area contributed by atoms with E-state index in [9.17, 15) is 8.42 Å². The third kappa shape index (κ3) is 3.55. The number of hydrogen-bond donors (Lipinski definition) is 2. The minimum atomic E-state index is -3.53. The molecular formula is C12H13ClN2O2S2. The first kappa shape index (κ1) is 14.5. The summed E-state index contributed by atoms with van der Waals surface area (Å²) in [6.45, 7) is 0.411.